The second kappa shape index (κ2) is 9.41. The molecular weight excluding hydrogens is 304 g/mol. The number of methoxy groups -OCH3 is 2. The SMILES string of the molecule is CCCN(CCC)C(=O)CNc1cc(OC)c(Cl)cc1OC. The van der Waals surface area contributed by atoms with Gasteiger partial charge in [0.1, 0.15) is 11.5 Å². The molecule has 0 bridgehead atoms. The van der Waals surface area contributed by atoms with Crippen molar-refractivity contribution in [3.63, 3.8) is 0 Å². The first-order valence-corrected chi connectivity index (χ1v) is 7.88. The Balaban J connectivity index is 2.79. The van der Waals surface area contributed by atoms with Crippen molar-refractivity contribution in [2.45, 2.75) is 26.7 Å². The van der Waals surface area contributed by atoms with Crippen molar-refractivity contribution in [1.82, 2.24) is 4.90 Å². The number of hydrogen-bond donors (Lipinski definition) is 1. The van der Waals surface area contributed by atoms with Crippen LogP contribution in [-0.4, -0.2) is 44.7 Å². The molecule has 0 aliphatic carbocycles. The van der Waals surface area contributed by atoms with Crippen molar-refractivity contribution in [1.29, 1.82) is 0 Å². The van der Waals surface area contributed by atoms with Crippen molar-refractivity contribution in [3.8, 4) is 11.5 Å². The summed E-state index contributed by atoms with van der Waals surface area (Å²) in [6, 6.07) is 3.40. The standard InChI is InChI=1S/C16H25ClN2O3/c1-5-7-19(8-6-2)16(20)11-18-13-10-14(21-3)12(17)9-15(13)22-4/h9-10,18H,5-8,11H2,1-4H3. The van der Waals surface area contributed by atoms with E-state index in [2.05, 4.69) is 19.2 Å². The minimum Gasteiger partial charge on any atom is -0.495 e. The van der Waals surface area contributed by atoms with E-state index in [4.69, 9.17) is 21.1 Å². The van der Waals surface area contributed by atoms with Gasteiger partial charge in [-0.25, -0.2) is 0 Å². The van der Waals surface area contributed by atoms with Gasteiger partial charge in [0.2, 0.25) is 5.91 Å². The van der Waals surface area contributed by atoms with Crippen LogP contribution < -0.4 is 14.8 Å². The fourth-order valence-corrected chi connectivity index (χ4v) is 2.41. The van der Waals surface area contributed by atoms with Gasteiger partial charge in [-0.05, 0) is 12.8 Å². The van der Waals surface area contributed by atoms with Crippen molar-refractivity contribution >= 4 is 23.2 Å². The van der Waals surface area contributed by atoms with E-state index in [-0.39, 0.29) is 12.5 Å². The van der Waals surface area contributed by atoms with Gasteiger partial charge in [0.05, 0.1) is 31.5 Å². The summed E-state index contributed by atoms with van der Waals surface area (Å²) in [7, 11) is 3.11. The van der Waals surface area contributed by atoms with Gasteiger partial charge >= 0.3 is 0 Å². The number of amides is 1. The van der Waals surface area contributed by atoms with Crippen LogP contribution in [0.15, 0.2) is 12.1 Å². The Morgan fingerprint density at radius 2 is 1.73 bits per heavy atom. The van der Waals surface area contributed by atoms with Crippen molar-refractivity contribution < 1.29 is 14.3 Å². The molecule has 124 valence electrons. The molecule has 5 nitrogen and oxygen atoms in total. The Morgan fingerprint density at radius 1 is 1.14 bits per heavy atom. The van der Waals surface area contributed by atoms with Gasteiger partial charge in [0.25, 0.3) is 0 Å². The molecule has 0 aliphatic heterocycles. The van der Waals surface area contributed by atoms with Crippen LogP contribution in [-0.2, 0) is 4.79 Å². The number of hydrogen-bond acceptors (Lipinski definition) is 4. The highest BCUT2D eigenvalue weighted by molar-refractivity contribution is 6.32. The minimum absolute atomic E-state index is 0.0691. The van der Waals surface area contributed by atoms with Gasteiger partial charge in [-0.1, -0.05) is 25.4 Å². The predicted molar refractivity (Wildman–Crippen MR) is 90.2 cm³/mol. The number of nitrogens with zero attached hydrogens (tertiary/aromatic N) is 1. The van der Waals surface area contributed by atoms with Gasteiger partial charge < -0.3 is 19.7 Å². The summed E-state index contributed by atoms with van der Waals surface area (Å²) in [6.07, 6.45) is 1.90. The molecule has 0 heterocycles. The van der Waals surface area contributed by atoms with Crippen LogP contribution in [0.2, 0.25) is 5.02 Å². The maximum atomic E-state index is 12.3. The van der Waals surface area contributed by atoms with Crippen molar-refractivity contribution in [2.75, 3.05) is 39.2 Å². The molecule has 0 fully saturated rings. The fraction of sp³-hybridized carbons (Fsp3) is 0.562. The summed E-state index contributed by atoms with van der Waals surface area (Å²) >= 11 is 6.07. The lowest BCUT2D eigenvalue weighted by molar-refractivity contribution is -0.129. The molecule has 0 atom stereocenters. The Bertz CT molecular complexity index is 489. The molecule has 0 spiro atoms. The second-order valence-electron chi connectivity index (χ2n) is 4.92. The van der Waals surface area contributed by atoms with Crippen LogP contribution in [0.5, 0.6) is 11.5 Å². The zero-order chi connectivity index (χ0) is 16.5. The molecule has 0 radical (unpaired) electrons. The predicted octanol–water partition coefficient (Wildman–Crippen LogP) is 3.42. The van der Waals surface area contributed by atoms with Crippen LogP contribution in [0, 0.1) is 0 Å². The molecule has 0 aromatic heterocycles. The normalized spacial score (nSPS) is 10.2. The van der Waals surface area contributed by atoms with E-state index in [1.165, 1.54) is 0 Å². The number of nitrogens with one attached hydrogen (secondary N) is 1. The van der Waals surface area contributed by atoms with E-state index in [9.17, 15) is 4.79 Å². The molecule has 1 rings (SSSR count). The molecule has 0 unspecified atom stereocenters. The van der Waals surface area contributed by atoms with Gasteiger partial charge in [-0.2, -0.15) is 0 Å². The van der Waals surface area contributed by atoms with Crippen LogP contribution in [0.25, 0.3) is 0 Å². The quantitative estimate of drug-likeness (QED) is 0.754. The topological polar surface area (TPSA) is 50.8 Å². The summed E-state index contributed by atoms with van der Waals surface area (Å²) in [5, 5.41) is 3.58. The molecular formula is C16H25ClN2O3. The number of anilines is 1. The highest BCUT2D eigenvalue weighted by atomic mass is 35.5. The largest absolute Gasteiger partial charge is 0.495 e. The van der Waals surface area contributed by atoms with E-state index in [1.54, 1.807) is 26.4 Å². The van der Waals surface area contributed by atoms with Crippen molar-refractivity contribution in [3.05, 3.63) is 17.2 Å². The van der Waals surface area contributed by atoms with Gasteiger partial charge in [0, 0.05) is 25.2 Å². The second-order valence-corrected chi connectivity index (χ2v) is 5.33. The molecule has 1 aromatic rings. The van der Waals surface area contributed by atoms with Gasteiger partial charge in [0.15, 0.2) is 0 Å². The first-order chi connectivity index (χ1) is 10.6. The number of benzene rings is 1. The number of ether oxygens (including phenoxy) is 2. The van der Waals surface area contributed by atoms with E-state index >= 15 is 0 Å². The number of carbonyl (C=O) groups is 1. The van der Waals surface area contributed by atoms with Gasteiger partial charge in [-0.15, -0.1) is 0 Å². The lowest BCUT2D eigenvalue weighted by Gasteiger charge is -2.22. The highest BCUT2D eigenvalue weighted by Gasteiger charge is 2.14. The fourth-order valence-electron chi connectivity index (χ4n) is 2.18. The average Bonchev–Trinajstić information content (AvgIpc) is 2.52. The number of carbonyl (C=O) groups excluding carboxylic acids is 1. The maximum absolute atomic E-state index is 12.3. The number of halogens is 1. The molecule has 6 heteroatoms. The third-order valence-electron chi connectivity index (χ3n) is 3.24. The van der Waals surface area contributed by atoms with Crippen LogP contribution in [0.3, 0.4) is 0 Å². The van der Waals surface area contributed by atoms with Gasteiger partial charge in [-0.3, -0.25) is 4.79 Å². The Kier molecular flexibility index (Phi) is 7.88. The van der Waals surface area contributed by atoms with Crippen LogP contribution >= 0.6 is 11.6 Å². The highest BCUT2D eigenvalue weighted by Crippen LogP contribution is 2.35. The minimum atomic E-state index is 0.0691. The Hall–Kier alpha value is -1.62. The Morgan fingerprint density at radius 3 is 2.23 bits per heavy atom. The summed E-state index contributed by atoms with van der Waals surface area (Å²) < 4.78 is 10.5. The summed E-state index contributed by atoms with van der Waals surface area (Å²) in [5.74, 6) is 1.19. The average molecular weight is 329 g/mol. The molecule has 0 saturated carbocycles. The first kappa shape index (κ1) is 18.4. The van der Waals surface area contributed by atoms with Crippen molar-refractivity contribution in [2.24, 2.45) is 0 Å². The zero-order valence-corrected chi connectivity index (χ0v) is 14.5. The molecule has 1 amide bonds. The number of rotatable bonds is 9. The third-order valence-corrected chi connectivity index (χ3v) is 3.54. The lowest BCUT2D eigenvalue weighted by Crippen LogP contribution is -2.36. The van der Waals surface area contributed by atoms with E-state index in [0.717, 1.165) is 25.9 Å². The summed E-state index contributed by atoms with van der Waals surface area (Å²) in [6.45, 7) is 5.89. The summed E-state index contributed by atoms with van der Waals surface area (Å²) in [4.78, 5) is 14.2. The monoisotopic (exact) mass is 328 g/mol. The molecule has 0 saturated heterocycles. The van der Waals surface area contributed by atoms with E-state index < -0.39 is 0 Å². The van der Waals surface area contributed by atoms with Crippen LogP contribution in [0.1, 0.15) is 26.7 Å². The van der Waals surface area contributed by atoms with E-state index in [1.807, 2.05) is 4.90 Å². The van der Waals surface area contributed by atoms with Crippen LogP contribution in [0.4, 0.5) is 5.69 Å². The maximum Gasteiger partial charge on any atom is 0.241 e. The molecule has 1 N–H and O–H groups in total. The zero-order valence-electron chi connectivity index (χ0n) is 13.7. The smallest absolute Gasteiger partial charge is 0.241 e. The molecule has 1 aromatic carbocycles. The molecule has 0 aliphatic rings. The first-order valence-electron chi connectivity index (χ1n) is 7.50. The van der Waals surface area contributed by atoms with E-state index in [0.29, 0.717) is 22.2 Å². The lowest BCUT2D eigenvalue weighted by atomic mass is 10.2. The Labute approximate surface area is 137 Å². The molecule has 22 heavy (non-hydrogen) atoms. The third kappa shape index (κ3) is 4.98. The summed E-state index contributed by atoms with van der Waals surface area (Å²) in [5.41, 5.74) is 0.685.